The van der Waals surface area contributed by atoms with E-state index in [-0.39, 0.29) is 5.75 Å². The van der Waals surface area contributed by atoms with Crippen molar-refractivity contribution in [2.45, 2.75) is 19.8 Å². The highest BCUT2D eigenvalue weighted by atomic mass is 16.7. The molecule has 0 radical (unpaired) electrons. The van der Waals surface area contributed by atoms with E-state index in [2.05, 4.69) is 9.99 Å². The Kier molecular flexibility index (Phi) is 3.23. The Morgan fingerprint density at radius 2 is 2.06 bits per heavy atom. The standard InChI is InChI=1S/C13H13NO3/c1-2-3-12-11(13(16)17-14-12)8-9-4-6-10(15)7-5-9/h4-8,15H,2-3H2,1H3/b11-8-. The number of rotatable bonds is 3. The predicted molar refractivity (Wildman–Crippen MR) is 64.5 cm³/mol. The average molecular weight is 231 g/mol. The van der Waals surface area contributed by atoms with Crippen LogP contribution in [0.4, 0.5) is 0 Å². The monoisotopic (exact) mass is 231 g/mol. The topological polar surface area (TPSA) is 58.9 Å². The number of benzene rings is 1. The normalized spacial score (nSPS) is 17.1. The average Bonchev–Trinajstić information content (AvgIpc) is 2.65. The Hall–Kier alpha value is -2.10. The van der Waals surface area contributed by atoms with Gasteiger partial charge in [-0.25, -0.2) is 4.79 Å². The van der Waals surface area contributed by atoms with Gasteiger partial charge in [0, 0.05) is 0 Å². The lowest BCUT2D eigenvalue weighted by Crippen LogP contribution is -2.04. The molecular formula is C13H13NO3. The first kappa shape index (κ1) is 11.4. The lowest BCUT2D eigenvalue weighted by Gasteiger charge is -1.98. The van der Waals surface area contributed by atoms with E-state index in [9.17, 15) is 4.79 Å². The molecule has 1 N–H and O–H groups in total. The summed E-state index contributed by atoms with van der Waals surface area (Å²) in [5.41, 5.74) is 2.02. The van der Waals surface area contributed by atoms with Crippen molar-refractivity contribution in [1.29, 1.82) is 0 Å². The summed E-state index contributed by atoms with van der Waals surface area (Å²) in [7, 11) is 0. The summed E-state index contributed by atoms with van der Waals surface area (Å²) in [5, 5.41) is 12.9. The summed E-state index contributed by atoms with van der Waals surface area (Å²) in [6.07, 6.45) is 3.35. The maximum absolute atomic E-state index is 11.5. The third-order valence-corrected chi connectivity index (χ3v) is 2.46. The molecule has 0 saturated carbocycles. The second-order valence-electron chi connectivity index (χ2n) is 3.82. The molecule has 1 aliphatic heterocycles. The molecule has 2 rings (SSSR count). The van der Waals surface area contributed by atoms with Gasteiger partial charge < -0.3 is 9.94 Å². The van der Waals surface area contributed by atoms with Crippen LogP contribution in [0.25, 0.3) is 6.08 Å². The van der Waals surface area contributed by atoms with E-state index < -0.39 is 5.97 Å². The highest BCUT2D eigenvalue weighted by Crippen LogP contribution is 2.19. The zero-order valence-electron chi connectivity index (χ0n) is 9.51. The van der Waals surface area contributed by atoms with E-state index in [1.807, 2.05) is 6.92 Å². The quantitative estimate of drug-likeness (QED) is 0.642. The molecule has 0 amide bonds. The van der Waals surface area contributed by atoms with E-state index >= 15 is 0 Å². The van der Waals surface area contributed by atoms with Gasteiger partial charge in [0.2, 0.25) is 0 Å². The highest BCUT2D eigenvalue weighted by molar-refractivity contribution is 6.25. The van der Waals surface area contributed by atoms with Gasteiger partial charge in [-0.05, 0) is 30.2 Å². The fourth-order valence-corrected chi connectivity index (χ4v) is 1.61. The van der Waals surface area contributed by atoms with Crippen LogP contribution in [0.2, 0.25) is 0 Å². The molecule has 0 unspecified atom stereocenters. The summed E-state index contributed by atoms with van der Waals surface area (Å²) in [4.78, 5) is 16.1. The minimum atomic E-state index is -0.415. The fraction of sp³-hybridized carbons (Fsp3) is 0.231. The van der Waals surface area contributed by atoms with Crippen molar-refractivity contribution < 1.29 is 14.7 Å². The van der Waals surface area contributed by atoms with Crippen LogP contribution >= 0.6 is 0 Å². The molecule has 0 atom stereocenters. The van der Waals surface area contributed by atoms with Crippen molar-refractivity contribution in [2.75, 3.05) is 0 Å². The van der Waals surface area contributed by atoms with Gasteiger partial charge in [-0.3, -0.25) is 0 Å². The van der Waals surface area contributed by atoms with Crippen LogP contribution in [0.3, 0.4) is 0 Å². The first-order chi connectivity index (χ1) is 8.20. The number of aromatic hydroxyl groups is 1. The first-order valence-electron chi connectivity index (χ1n) is 5.50. The number of hydrogen-bond acceptors (Lipinski definition) is 4. The molecule has 0 aliphatic carbocycles. The third kappa shape index (κ3) is 2.53. The second-order valence-corrected chi connectivity index (χ2v) is 3.82. The van der Waals surface area contributed by atoms with E-state index in [1.54, 1.807) is 30.3 Å². The summed E-state index contributed by atoms with van der Waals surface area (Å²) in [6, 6.07) is 6.61. The molecule has 0 aromatic heterocycles. The van der Waals surface area contributed by atoms with Crippen LogP contribution in [0.5, 0.6) is 5.75 Å². The zero-order valence-corrected chi connectivity index (χ0v) is 9.51. The van der Waals surface area contributed by atoms with Crippen LogP contribution in [0.15, 0.2) is 35.0 Å². The molecule has 17 heavy (non-hydrogen) atoms. The SMILES string of the molecule is CCCC1=NOC(=O)/C1=C\c1ccc(O)cc1. The van der Waals surface area contributed by atoms with Gasteiger partial charge in [-0.1, -0.05) is 30.6 Å². The third-order valence-electron chi connectivity index (χ3n) is 2.46. The summed E-state index contributed by atoms with van der Waals surface area (Å²) < 4.78 is 0. The van der Waals surface area contributed by atoms with Gasteiger partial charge in [0.05, 0.1) is 11.3 Å². The van der Waals surface area contributed by atoms with Crippen LogP contribution in [-0.4, -0.2) is 16.8 Å². The Bertz CT molecular complexity index is 486. The molecule has 1 heterocycles. The molecule has 0 saturated heterocycles. The van der Waals surface area contributed by atoms with E-state index in [1.165, 1.54) is 0 Å². The van der Waals surface area contributed by atoms with E-state index in [0.29, 0.717) is 11.3 Å². The Morgan fingerprint density at radius 1 is 1.35 bits per heavy atom. The summed E-state index contributed by atoms with van der Waals surface area (Å²) in [5.74, 6) is -0.217. The molecule has 4 heteroatoms. The number of carbonyl (C=O) groups excluding carboxylic acids is 1. The molecular weight excluding hydrogens is 218 g/mol. The smallest absolute Gasteiger partial charge is 0.367 e. The van der Waals surface area contributed by atoms with Crippen molar-refractivity contribution >= 4 is 17.8 Å². The van der Waals surface area contributed by atoms with Crippen LogP contribution < -0.4 is 0 Å². The molecule has 1 aromatic carbocycles. The number of phenolic OH excluding ortho intramolecular Hbond substituents is 1. The van der Waals surface area contributed by atoms with Gasteiger partial charge >= 0.3 is 5.97 Å². The van der Waals surface area contributed by atoms with Crippen molar-refractivity contribution in [2.24, 2.45) is 5.16 Å². The van der Waals surface area contributed by atoms with Crippen molar-refractivity contribution in [3.05, 3.63) is 35.4 Å². The maximum atomic E-state index is 11.5. The number of nitrogens with zero attached hydrogens (tertiary/aromatic N) is 1. The van der Waals surface area contributed by atoms with Gasteiger partial charge in [-0.15, -0.1) is 0 Å². The molecule has 1 aromatic rings. The fourth-order valence-electron chi connectivity index (χ4n) is 1.61. The first-order valence-corrected chi connectivity index (χ1v) is 5.50. The zero-order chi connectivity index (χ0) is 12.3. The van der Waals surface area contributed by atoms with Crippen molar-refractivity contribution in [3.63, 3.8) is 0 Å². The molecule has 4 nitrogen and oxygen atoms in total. The van der Waals surface area contributed by atoms with Crippen molar-refractivity contribution in [1.82, 2.24) is 0 Å². The minimum Gasteiger partial charge on any atom is -0.508 e. The van der Waals surface area contributed by atoms with Gasteiger partial charge in [0.1, 0.15) is 5.75 Å². The maximum Gasteiger partial charge on any atom is 0.367 e. The lowest BCUT2D eigenvalue weighted by molar-refractivity contribution is -0.136. The number of carbonyl (C=O) groups is 1. The molecule has 1 aliphatic rings. The van der Waals surface area contributed by atoms with E-state index in [0.717, 1.165) is 18.4 Å². The van der Waals surface area contributed by atoms with Crippen LogP contribution in [0.1, 0.15) is 25.3 Å². The Balaban J connectivity index is 2.28. The van der Waals surface area contributed by atoms with Crippen LogP contribution in [0, 0.1) is 0 Å². The Morgan fingerprint density at radius 3 is 2.71 bits per heavy atom. The summed E-state index contributed by atoms with van der Waals surface area (Å²) >= 11 is 0. The highest BCUT2D eigenvalue weighted by Gasteiger charge is 2.24. The van der Waals surface area contributed by atoms with Gasteiger partial charge in [-0.2, -0.15) is 0 Å². The van der Waals surface area contributed by atoms with Gasteiger partial charge in [0.15, 0.2) is 0 Å². The largest absolute Gasteiger partial charge is 0.508 e. The van der Waals surface area contributed by atoms with Gasteiger partial charge in [0.25, 0.3) is 0 Å². The van der Waals surface area contributed by atoms with Crippen molar-refractivity contribution in [3.8, 4) is 5.75 Å². The number of oxime groups is 1. The molecule has 0 spiro atoms. The van der Waals surface area contributed by atoms with Crippen LogP contribution in [-0.2, 0) is 9.63 Å². The number of hydrogen-bond donors (Lipinski definition) is 1. The number of phenols is 1. The van der Waals surface area contributed by atoms with E-state index in [4.69, 9.17) is 5.11 Å². The second kappa shape index (κ2) is 4.82. The molecule has 88 valence electrons. The Labute approximate surface area is 99.2 Å². The summed E-state index contributed by atoms with van der Waals surface area (Å²) in [6.45, 7) is 2.02. The molecule has 0 bridgehead atoms. The molecule has 0 fully saturated rings. The lowest BCUT2D eigenvalue weighted by atomic mass is 10.0. The predicted octanol–water partition coefficient (Wildman–Crippen LogP) is 2.49. The minimum absolute atomic E-state index is 0.198.